The molecule has 1 saturated carbocycles. The summed E-state index contributed by atoms with van der Waals surface area (Å²) < 4.78 is 10.7. The number of hydrogen-bond acceptors (Lipinski definition) is 6. The summed E-state index contributed by atoms with van der Waals surface area (Å²) in [6, 6.07) is 7.80. The van der Waals surface area contributed by atoms with Crippen molar-refractivity contribution in [2.75, 3.05) is 12.1 Å². The van der Waals surface area contributed by atoms with Crippen LogP contribution in [-0.2, 0) is 6.54 Å². The highest BCUT2D eigenvalue weighted by atomic mass is 16.7. The molecule has 1 aliphatic heterocycles. The maximum atomic E-state index is 12.5. The first-order chi connectivity index (χ1) is 12.7. The Morgan fingerprint density at radius 3 is 2.81 bits per heavy atom. The molecule has 7 heteroatoms. The molecule has 4 rings (SSSR count). The van der Waals surface area contributed by atoms with Gasteiger partial charge in [-0.3, -0.25) is 4.79 Å². The molecule has 1 aromatic heterocycles. The van der Waals surface area contributed by atoms with Crippen LogP contribution < -0.4 is 20.1 Å². The van der Waals surface area contributed by atoms with Gasteiger partial charge in [-0.1, -0.05) is 18.9 Å². The van der Waals surface area contributed by atoms with E-state index in [2.05, 4.69) is 20.6 Å². The van der Waals surface area contributed by atoms with E-state index >= 15 is 0 Å². The van der Waals surface area contributed by atoms with Crippen LogP contribution >= 0.6 is 0 Å². The number of benzene rings is 1. The number of amides is 1. The Balaban J connectivity index is 1.41. The predicted molar refractivity (Wildman–Crippen MR) is 96.4 cm³/mol. The van der Waals surface area contributed by atoms with Crippen molar-refractivity contribution in [1.29, 1.82) is 0 Å². The van der Waals surface area contributed by atoms with Crippen LogP contribution in [0.4, 0.5) is 5.82 Å². The first-order valence-electron chi connectivity index (χ1n) is 8.96. The van der Waals surface area contributed by atoms with Crippen LogP contribution in [0.3, 0.4) is 0 Å². The number of carbonyl (C=O) groups is 1. The highest BCUT2D eigenvalue weighted by Crippen LogP contribution is 2.32. The molecule has 26 heavy (non-hydrogen) atoms. The minimum absolute atomic E-state index is 0.220. The molecule has 0 atom stereocenters. The molecule has 0 unspecified atom stereocenters. The van der Waals surface area contributed by atoms with Crippen LogP contribution in [0.1, 0.15) is 47.6 Å². The molecule has 2 heterocycles. The van der Waals surface area contributed by atoms with Crippen molar-refractivity contribution in [3.05, 3.63) is 41.3 Å². The number of nitrogens with one attached hydrogen (secondary N) is 2. The molecule has 1 aromatic carbocycles. The SMILES string of the molecule is Cc1nc(NC2CCCC2)cc(C(=O)NCc2ccc3c(c2)OCO3)n1. The third-order valence-corrected chi connectivity index (χ3v) is 4.67. The van der Waals surface area contributed by atoms with E-state index in [4.69, 9.17) is 9.47 Å². The third-order valence-electron chi connectivity index (χ3n) is 4.67. The molecule has 0 bridgehead atoms. The highest BCUT2D eigenvalue weighted by Gasteiger charge is 2.17. The monoisotopic (exact) mass is 354 g/mol. The van der Waals surface area contributed by atoms with E-state index in [1.54, 1.807) is 13.0 Å². The summed E-state index contributed by atoms with van der Waals surface area (Å²) in [5.41, 5.74) is 1.32. The summed E-state index contributed by atoms with van der Waals surface area (Å²) in [6.07, 6.45) is 4.78. The molecule has 1 amide bonds. The van der Waals surface area contributed by atoms with Gasteiger partial charge in [-0.15, -0.1) is 0 Å². The van der Waals surface area contributed by atoms with Crippen molar-refractivity contribution < 1.29 is 14.3 Å². The lowest BCUT2D eigenvalue weighted by Gasteiger charge is -2.14. The van der Waals surface area contributed by atoms with Crippen molar-refractivity contribution in [3.8, 4) is 11.5 Å². The second-order valence-electron chi connectivity index (χ2n) is 6.68. The van der Waals surface area contributed by atoms with Crippen molar-refractivity contribution in [2.24, 2.45) is 0 Å². The van der Waals surface area contributed by atoms with Gasteiger partial charge in [0.2, 0.25) is 6.79 Å². The fourth-order valence-electron chi connectivity index (χ4n) is 3.36. The van der Waals surface area contributed by atoms with E-state index in [0.29, 0.717) is 29.9 Å². The van der Waals surface area contributed by atoms with Crippen LogP contribution in [0, 0.1) is 6.92 Å². The zero-order chi connectivity index (χ0) is 17.9. The number of aromatic nitrogens is 2. The lowest BCUT2D eigenvalue weighted by Crippen LogP contribution is -2.25. The fraction of sp³-hybridized carbons (Fsp3) is 0.421. The molecule has 0 saturated heterocycles. The molecule has 2 N–H and O–H groups in total. The van der Waals surface area contributed by atoms with E-state index in [1.165, 1.54) is 12.8 Å². The van der Waals surface area contributed by atoms with Gasteiger partial charge in [0.25, 0.3) is 5.91 Å². The Morgan fingerprint density at radius 2 is 1.96 bits per heavy atom. The van der Waals surface area contributed by atoms with Crippen LogP contribution in [-0.4, -0.2) is 28.7 Å². The number of hydrogen-bond donors (Lipinski definition) is 2. The number of nitrogens with zero attached hydrogens (tertiary/aromatic N) is 2. The number of fused-ring (bicyclic) bond motifs is 1. The van der Waals surface area contributed by atoms with E-state index in [-0.39, 0.29) is 12.7 Å². The topological polar surface area (TPSA) is 85.4 Å². The van der Waals surface area contributed by atoms with Gasteiger partial charge >= 0.3 is 0 Å². The van der Waals surface area contributed by atoms with Crippen molar-refractivity contribution in [3.63, 3.8) is 0 Å². The summed E-state index contributed by atoms with van der Waals surface area (Å²) in [4.78, 5) is 21.2. The predicted octanol–water partition coefficient (Wildman–Crippen LogP) is 2.80. The largest absolute Gasteiger partial charge is 0.454 e. The van der Waals surface area contributed by atoms with Gasteiger partial charge in [-0.05, 0) is 37.5 Å². The highest BCUT2D eigenvalue weighted by molar-refractivity contribution is 5.92. The van der Waals surface area contributed by atoms with Crippen molar-refractivity contribution in [2.45, 2.75) is 45.2 Å². The minimum Gasteiger partial charge on any atom is -0.454 e. The van der Waals surface area contributed by atoms with Crippen LogP contribution in [0.15, 0.2) is 24.3 Å². The number of rotatable bonds is 5. The Labute approximate surface area is 152 Å². The summed E-state index contributed by atoms with van der Waals surface area (Å²) in [7, 11) is 0. The molecular weight excluding hydrogens is 332 g/mol. The van der Waals surface area contributed by atoms with Gasteiger partial charge in [-0.25, -0.2) is 9.97 Å². The van der Waals surface area contributed by atoms with E-state index in [0.717, 1.165) is 30.0 Å². The van der Waals surface area contributed by atoms with Crippen molar-refractivity contribution in [1.82, 2.24) is 15.3 Å². The number of ether oxygens (including phenoxy) is 2. The van der Waals surface area contributed by atoms with Gasteiger partial charge in [0.05, 0.1) is 0 Å². The second-order valence-corrected chi connectivity index (χ2v) is 6.68. The van der Waals surface area contributed by atoms with Crippen LogP contribution in [0.2, 0.25) is 0 Å². The summed E-state index contributed by atoms with van der Waals surface area (Å²) in [5, 5.41) is 6.32. The molecule has 136 valence electrons. The molecule has 0 spiro atoms. The maximum Gasteiger partial charge on any atom is 0.270 e. The average Bonchev–Trinajstić information content (AvgIpc) is 3.30. The number of aryl methyl sites for hydroxylation is 1. The minimum atomic E-state index is -0.220. The number of carbonyl (C=O) groups excluding carboxylic acids is 1. The molecule has 2 aliphatic rings. The quantitative estimate of drug-likeness (QED) is 0.859. The zero-order valence-electron chi connectivity index (χ0n) is 14.7. The first-order valence-corrected chi connectivity index (χ1v) is 8.96. The van der Waals surface area contributed by atoms with E-state index < -0.39 is 0 Å². The lowest BCUT2D eigenvalue weighted by molar-refractivity contribution is 0.0945. The smallest absolute Gasteiger partial charge is 0.270 e. The van der Waals surface area contributed by atoms with E-state index in [1.807, 2.05) is 18.2 Å². The maximum absolute atomic E-state index is 12.5. The van der Waals surface area contributed by atoms with Gasteiger partial charge in [-0.2, -0.15) is 0 Å². The average molecular weight is 354 g/mol. The van der Waals surface area contributed by atoms with E-state index in [9.17, 15) is 4.79 Å². The van der Waals surface area contributed by atoms with Crippen molar-refractivity contribution >= 4 is 11.7 Å². The fourth-order valence-corrected chi connectivity index (χ4v) is 3.36. The molecule has 2 aromatic rings. The molecule has 0 radical (unpaired) electrons. The Hall–Kier alpha value is -2.83. The Morgan fingerprint density at radius 1 is 1.15 bits per heavy atom. The molecule has 1 aliphatic carbocycles. The van der Waals surface area contributed by atoms with Gasteiger partial charge in [0.15, 0.2) is 11.5 Å². The number of anilines is 1. The zero-order valence-corrected chi connectivity index (χ0v) is 14.7. The summed E-state index contributed by atoms with van der Waals surface area (Å²) in [6.45, 7) is 2.43. The summed E-state index contributed by atoms with van der Waals surface area (Å²) >= 11 is 0. The Bertz CT molecular complexity index is 818. The lowest BCUT2D eigenvalue weighted by atomic mass is 10.2. The van der Waals surface area contributed by atoms with Gasteiger partial charge < -0.3 is 20.1 Å². The van der Waals surface area contributed by atoms with Crippen LogP contribution in [0.25, 0.3) is 0 Å². The van der Waals surface area contributed by atoms with Gasteiger partial charge in [0.1, 0.15) is 17.3 Å². The summed E-state index contributed by atoms with van der Waals surface area (Å²) in [5.74, 6) is 2.52. The molecule has 7 nitrogen and oxygen atoms in total. The normalized spacial score (nSPS) is 15.9. The second kappa shape index (κ2) is 7.19. The first kappa shape index (κ1) is 16.6. The third kappa shape index (κ3) is 3.71. The van der Waals surface area contributed by atoms with Gasteiger partial charge in [0, 0.05) is 18.7 Å². The Kier molecular flexibility index (Phi) is 4.60. The molecule has 1 fully saturated rings. The standard InChI is InChI=1S/C19H22N4O3/c1-12-21-15(9-18(22-12)23-14-4-2-3-5-14)19(24)20-10-13-6-7-16-17(8-13)26-11-25-16/h6-9,14H,2-5,10-11H2,1H3,(H,20,24)(H,21,22,23). The van der Waals surface area contributed by atoms with Crippen LogP contribution in [0.5, 0.6) is 11.5 Å². The molecular formula is C19H22N4O3.